The summed E-state index contributed by atoms with van der Waals surface area (Å²) in [6, 6.07) is 15.3. The number of methoxy groups -OCH3 is 1. The lowest BCUT2D eigenvalue weighted by Gasteiger charge is -2.41. The first-order valence-electron chi connectivity index (χ1n) is 9.40. The van der Waals surface area contributed by atoms with Crippen LogP contribution in [0.1, 0.15) is 42.9 Å². The molecular weight excluding hydrogens is 342 g/mol. The Labute approximate surface area is 158 Å². The second-order valence-electron chi connectivity index (χ2n) is 7.25. The van der Waals surface area contributed by atoms with Gasteiger partial charge in [0.2, 0.25) is 0 Å². The van der Waals surface area contributed by atoms with E-state index in [1.807, 2.05) is 36.4 Å². The Morgan fingerprint density at radius 3 is 2.07 bits per heavy atom. The van der Waals surface area contributed by atoms with Crippen molar-refractivity contribution in [2.45, 2.75) is 37.8 Å². The predicted molar refractivity (Wildman–Crippen MR) is 101 cm³/mol. The van der Waals surface area contributed by atoms with Gasteiger partial charge in [-0.1, -0.05) is 61.4 Å². The minimum atomic E-state index is -0.840. The fourth-order valence-electron chi connectivity index (χ4n) is 4.70. The van der Waals surface area contributed by atoms with E-state index in [1.165, 1.54) is 7.11 Å². The number of ether oxygens (including phenoxy) is 1. The van der Waals surface area contributed by atoms with Gasteiger partial charge in [-0.2, -0.15) is 0 Å². The number of carboxylic acids is 1. The SMILES string of the molecule is COC(=O)N(C1c2ccccc2-c2ccccc21)[C@H]1CCCC[C@@H]1C(=O)O. The number of aliphatic carboxylic acids is 1. The molecule has 27 heavy (non-hydrogen) atoms. The Bertz CT molecular complexity index is 833. The van der Waals surface area contributed by atoms with Crippen LogP contribution in [0.15, 0.2) is 48.5 Å². The molecule has 0 radical (unpaired) electrons. The van der Waals surface area contributed by atoms with E-state index >= 15 is 0 Å². The molecule has 2 aromatic carbocycles. The Morgan fingerprint density at radius 1 is 0.963 bits per heavy atom. The van der Waals surface area contributed by atoms with Crippen molar-refractivity contribution in [1.29, 1.82) is 0 Å². The van der Waals surface area contributed by atoms with Gasteiger partial charge in [0.25, 0.3) is 0 Å². The van der Waals surface area contributed by atoms with Gasteiger partial charge in [-0.05, 0) is 35.1 Å². The summed E-state index contributed by atoms with van der Waals surface area (Å²) < 4.78 is 5.13. The van der Waals surface area contributed by atoms with Crippen LogP contribution in [0.4, 0.5) is 4.79 Å². The maximum Gasteiger partial charge on any atom is 0.410 e. The molecule has 0 bridgehead atoms. The molecule has 140 valence electrons. The average Bonchev–Trinajstić information content (AvgIpc) is 3.03. The molecular formula is C22H23NO4. The van der Waals surface area contributed by atoms with Crippen LogP contribution in [0.5, 0.6) is 0 Å². The highest BCUT2D eigenvalue weighted by atomic mass is 16.5. The third-order valence-corrected chi connectivity index (χ3v) is 5.87. The summed E-state index contributed by atoms with van der Waals surface area (Å²) >= 11 is 0. The highest BCUT2D eigenvalue weighted by Crippen LogP contribution is 2.48. The van der Waals surface area contributed by atoms with Crippen LogP contribution in [0.3, 0.4) is 0 Å². The Balaban J connectivity index is 1.86. The largest absolute Gasteiger partial charge is 0.481 e. The second-order valence-corrected chi connectivity index (χ2v) is 7.25. The summed E-state index contributed by atoms with van der Waals surface area (Å²) in [4.78, 5) is 26.5. The van der Waals surface area contributed by atoms with Crippen molar-refractivity contribution >= 4 is 12.1 Å². The molecule has 1 saturated carbocycles. The third kappa shape index (κ3) is 2.87. The number of carbonyl (C=O) groups is 2. The highest BCUT2D eigenvalue weighted by molar-refractivity contribution is 5.82. The first-order chi connectivity index (χ1) is 13.1. The Kier molecular flexibility index (Phi) is 4.60. The molecule has 2 aliphatic carbocycles. The zero-order valence-corrected chi connectivity index (χ0v) is 15.3. The molecule has 1 amide bonds. The van der Waals surface area contributed by atoms with Crippen molar-refractivity contribution in [2.24, 2.45) is 5.92 Å². The van der Waals surface area contributed by atoms with E-state index in [0.717, 1.165) is 35.1 Å². The van der Waals surface area contributed by atoms with Crippen molar-refractivity contribution in [1.82, 2.24) is 4.90 Å². The number of fused-ring (bicyclic) bond motifs is 3. The monoisotopic (exact) mass is 365 g/mol. The van der Waals surface area contributed by atoms with Crippen molar-refractivity contribution < 1.29 is 19.4 Å². The quantitative estimate of drug-likeness (QED) is 0.871. The van der Waals surface area contributed by atoms with E-state index in [4.69, 9.17) is 4.74 Å². The number of benzene rings is 2. The zero-order valence-electron chi connectivity index (χ0n) is 15.3. The van der Waals surface area contributed by atoms with Gasteiger partial charge in [0, 0.05) is 6.04 Å². The van der Waals surface area contributed by atoms with Crippen LogP contribution in [-0.4, -0.2) is 35.2 Å². The van der Waals surface area contributed by atoms with Crippen LogP contribution in [0, 0.1) is 5.92 Å². The van der Waals surface area contributed by atoms with Crippen molar-refractivity contribution in [3.05, 3.63) is 59.7 Å². The molecule has 2 aliphatic rings. The predicted octanol–water partition coefficient (Wildman–Crippen LogP) is 4.47. The summed E-state index contributed by atoms with van der Waals surface area (Å²) in [5.74, 6) is -1.41. The fourth-order valence-corrected chi connectivity index (χ4v) is 4.70. The number of nitrogens with zero attached hydrogens (tertiary/aromatic N) is 1. The summed E-state index contributed by atoms with van der Waals surface area (Å²) in [6.07, 6.45) is 2.58. The van der Waals surface area contributed by atoms with Gasteiger partial charge in [-0.25, -0.2) is 4.79 Å². The molecule has 1 N–H and O–H groups in total. The van der Waals surface area contributed by atoms with Gasteiger partial charge in [0.05, 0.1) is 19.1 Å². The molecule has 0 unspecified atom stereocenters. The minimum absolute atomic E-state index is 0.324. The van der Waals surface area contributed by atoms with Crippen LogP contribution in [0.2, 0.25) is 0 Å². The zero-order chi connectivity index (χ0) is 19.0. The fraction of sp³-hybridized carbons (Fsp3) is 0.364. The molecule has 0 aliphatic heterocycles. The Hall–Kier alpha value is -2.82. The maximum absolute atomic E-state index is 12.9. The molecule has 0 spiro atoms. The van der Waals surface area contributed by atoms with E-state index in [0.29, 0.717) is 12.8 Å². The topological polar surface area (TPSA) is 66.8 Å². The lowest BCUT2D eigenvalue weighted by atomic mass is 9.82. The van der Waals surface area contributed by atoms with Gasteiger partial charge in [0.15, 0.2) is 0 Å². The van der Waals surface area contributed by atoms with E-state index in [2.05, 4.69) is 12.1 Å². The molecule has 0 saturated heterocycles. The molecule has 1 fully saturated rings. The second kappa shape index (κ2) is 7.06. The number of carbonyl (C=O) groups excluding carboxylic acids is 1. The summed E-state index contributed by atoms with van der Waals surface area (Å²) in [7, 11) is 1.36. The van der Waals surface area contributed by atoms with E-state index in [9.17, 15) is 14.7 Å². The summed E-state index contributed by atoms with van der Waals surface area (Å²) in [5.41, 5.74) is 4.24. The number of carboxylic acid groups (broad SMARTS) is 1. The molecule has 4 rings (SSSR count). The standard InChI is InChI=1S/C22H23NO4/c1-27-22(26)23(19-13-7-6-12-18(19)21(24)25)20-16-10-4-2-8-14(16)15-9-3-5-11-17(15)20/h2-5,8-11,18-20H,6-7,12-13H2,1H3,(H,24,25)/t18-,19-/m0/s1. The first-order valence-corrected chi connectivity index (χ1v) is 9.40. The van der Waals surface area contributed by atoms with Crippen LogP contribution in [0.25, 0.3) is 11.1 Å². The van der Waals surface area contributed by atoms with Gasteiger partial charge in [0.1, 0.15) is 0 Å². The third-order valence-electron chi connectivity index (χ3n) is 5.87. The van der Waals surface area contributed by atoms with Gasteiger partial charge in [-0.15, -0.1) is 0 Å². The van der Waals surface area contributed by atoms with E-state index in [-0.39, 0.29) is 12.1 Å². The molecule has 0 aromatic heterocycles. The van der Waals surface area contributed by atoms with Crippen LogP contribution >= 0.6 is 0 Å². The Morgan fingerprint density at radius 2 is 1.52 bits per heavy atom. The summed E-state index contributed by atoms with van der Waals surface area (Å²) in [6.45, 7) is 0. The molecule has 0 heterocycles. The number of hydrogen-bond acceptors (Lipinski definition) is 3. The van der Waals surface area contributed by atoms with Gasteiger partial charge >= 0.3 is 12.1 Å². The minimum Gasteiger partial charge on any atom is -0.481 e. The van der Waals surface area contributed by atoms with Gasteiger partial charge < -0.3 is 9.84 Å². The van der Waals surface area contributed by atoms with Crippen molar-refractivity contribution in [3.8, 4) is 11.1 Å². The normalized spacial score (nSPS) is 21.2. The van der Waals surface area contributed by atoms with Crippen LogP contribution < -0.4 is 0 Å². The lowest BCUT2D eigenvalue weighted by Crippen LogP contribution is -2.49. The smallest absolute Gasteiger partial charge is 0.410 e. The average molecular weight is 365 g/mol. The van der Waals surface area contributed by atoms with Crippen LogP contribution in [-0.2, 0) is 9.53 Å². The molecule has 2 atom stereocenters. The molecule has 2 aromatic rings. The maximum atomic E-state index is 12.9. The highest BCUT2D eigenvalue weighted by Gasteiger charge is 2.44. The van der Waals surface area contributed by atoms with E-state index in [1.54, 1.807) is 4.90 Å². The molecule has 5 nitrogen and oxygen atoms in total. The number of rotatable bonds is 3. The van der Waals surface area contributed by atoms with Crippen molar-refractivity contribution in [3.63, 3.8) is 0 Å². The van der Waals surface area contributed by atoms with Gasteiger partial charge in [-0.3, -0.25) is 9.69 Å². The lowest BCUT2D eigenvalue weighted by molar-refractivity contribution is -0.145. The first kappa shape index (κ1) is 17.6. The summed E-state index contributed by atoms with van der Waals surface area (Å²) in [5, 5.41) is 9.77. The van der Waals surface area contributed by atoms with E-state index < -0.39 is 18.0 Å². The van der Waals surface area contributed by atoms with Crippen molar-refractivity contribution in [2.75, 3.05) is 7.11 Å². The molecule has 5 heteroatoms. The number of hydrogen-bond donors (Lipinski definition) is 1. The number of amides is 1.